The minimum Gasteiger partial charge on any atom is -0.329 e. The first kappa shape index (κ1) is 21.2. The lowest BCUT2D eigenvalue weighted by Gasteiger charge is -2.21. The number of hydrogen-bond acceptors (Lipinski definition) is 3. The number of aryl methyl sites for hydroxylation is 1. The van der Waals surface area contributed by atoms with Crippen molar-refractivity contribution in [2.45, 2.75) is 24.9 Å². The SMILES string of the molecule is C=CCN(Cc1nccn1Cc1c(F)cccc1Cl)S(=O)(=O)c1ccc(C)cc1. The minimum absolute atomic E-state index is 0.0152. The largest absolute Gasteiger partial charge is 0.329 e. The first-order valence-electron chi connectivity index (χ1n) is 8.93. The number of rotatable bonds is 8. The second kappa shape index (κ2) is 8.90. The Morgan fingerprint density at radius 2 is 1.97 bits per heavy atom. The van der Waals surface area contributed by atoms with Crippen LogP contribution >= 0.6 is 11.6 Å². The lowest BCUT2D eigenvalue weighted by molar-refractivity contribution is 0.421. The van der Waals surface area contributed by atoms with Gasteiger partial charge in [0.2, 0.25) is 10.0 Å². The molecule has 0 radical (unpaired) electrons. The van der Waals surface area contributed by atoms with E-state index in [1.165, 1.54) is 22.5 Å². The van der Waals surface area contributed by atoms with E-state index in [1.54, 1.807) is 47.3 Å². The number of halogens is 2. The Morgan fingerprint density at radius 1 is 1.24 bits per heavy atom. The van der Waals surface area contributed by atoms with Gasteiger partial charge in [0, 0.05) is 29.5 Å². The van der Waals surface area contributed by atoms with E-state index in [-0.39, 0.29) is 24.5 Å². The van der Waals surface area contributed by atoms with Gasteiger partial charge in [0.05, 0.1) is 18.0 Å². The highest BCUT2D eigenvalue weighted by atomic mass is 35.5. The van der Waals surface area contributed by atoms with Gasteiger partial charge in [-0.25, -0.2) is 17.8 Å². The minimum atomic E-state index is -3.75. The molecule has 8 heteroatoms. The van der Waals surface area contributed by atoms with Gasteiger partial charge in [0.1, 0.15) is 11.6 Å². The summed E-state index contributed by atoms with van der Waals surface area (Å²) in [5.41, 5.74) is 1.29. The first-order chi connectivity index (χ1) is 13.8. The van der Waals surface area contributed by atoms with E-state index in [0.29, 0.717) is 16.4 Å². The van der Waals surface area contributed by atoms with Gasteiger partial charge >= 0.3 is 0 Å². The van der Waals surface area contributed by atoms with Crippen LogP contribution in [0.4, 0.5) is 4.39 Å². The van der Waals surface area contributed by atoms with Crippen LogP contribution < -0.4 is 0 Å². The predicted molar refractivity (Wildman–Crippen MR) is 112 cm³/mol. The third-order valence-corrected chi connectivity index (χ3v) is 6.68. The molecule has 3 rings (SSSR count). The zero-order chi connectivity index (χ0) is 21.0. The highest BCUT2D eigenvalue weighted by Crippen LogP contribution is 2.22. The summed E-state index contributed by atoms with van der Waals surface area (Å²) in [5.74, 6) is 0.0502. The molecule has 0 saturated heterocycles. The molecule has 0 fully saturated rings. The standard InChI is InChI=1S/C21H21ClFN3O2S/c1-3-12-26(29(27,28)17-9-7-16(2)8-10-17)15-21-24-11-13-25(21)14-18-19(22)5-4-6-20(18)23/h3-11,13H,1,12,14-15H2,2H3. The molecule has 0 aliphatic heterocycles. The fraction of sp³-hybridized carbons (Fsp3) is 0.190. The molecule has 5 nitrogen and oxygen atoms in total. The number of benzene rings is 2. The molecule has 0 aliphatic carbocycles. The molecule has 1 heterocycles. The average molecular weight is 434 g/mol. The third-order valence-electron chi connectivity index (χ3n) is 4.50. The van der Waals surface area contributed by atoms with Crippen molar-refractivity contribution in [2.75, 3.05) is 6.54 Å². The Morgan fingerprint density at radius 3 is 2.62 bits per heavy atom. The molecule has 2 aromatic carbocycles. The maximum absolute atomic E-state index is 14.2. The lowest BCUT2D eigenvalue weighted by atomic mass is 10.2. The Labute approximate surface area is 175 Å². The summed E-state index contributed by atoms with van der Waals surface area (Å²) in [6.07, 6.45) is 4.74. The lowest BCUT2D eigenvalue weighted by Crippen LogP contribution is -2.32. The van der Waals surface area contributed by atoms with Crippen LogP contribution in [0, 0.1) is 12.7 Å². The number of hydrogen-bond donors (Lipinski definition) is 0. The molecule has 0 aliphatic rings. The van der Waals surface area contributed by atoms with Crippen LogP contribution in [0.1, 0.15) is 17.0 Å². The van der Waals surface area contributed by atoms with Crippen molar-refractivity contribution in [3.63, 3.8) is 0 Å². The molecule has 29 heavy (non-hydrogen) atoms. The van der Waals surface area contributed by atoms with Crippen LogP contribution in [0.5, 0.6) is 0 Å². The van der Waals surface area contributed by atoms with Crippen molar-refractivity contribution < 1.29 is 12.8 Å². The van der Waals surface area contributed by atoms with Crippen molar-refractivity contribution in [1.29, 1.82) is 0 Å². The van der Waals surface area contributed by atoms with Crippen LogP contribution in [0.2, 0.25) is 5.02 Å². The van der Waals surface area contributed by atoms with E-state index in [2.05, 4.69) is 11.6 Å². The highest BCUT2D eigenvalue weighted by molar-refractivity contribution is 7.89. The van der Waals surface area contributed by atoms with E-state index in [9.17, 15) is 12.8 Å². The van der Waals surface area contributed by atoms with E-state index >= 15 is 0 Å². The Hall–Kier alpha value is -2.48. The van der Waals surface area contributed by atoms with Gasteiger partial charge in [0.25, 0.3) is 0 Å². The smallest absolute Gasteiger partial charge is 0.243 e. The molecule has 152 valence electrons. The summed E-state index contributed by atoms with van der Waals surface area (Å²) in [6, 6.07) is 11.1. The number of nitrogens with zero attached hydrogens (tertiary/aromatic N) is 3. The highest BCUT2D eigenvalue weighted by Gasteiger charge is 2.25. The first-order valence-corrected chi connectivity index (χ1v) is 10.8. The molecule has 0 N–H and O–H groups in total. The number of imidazole rings is 1. The molecule has 0 spiro atoms. The zero-order valence-electron chi connectivity index (χ0n) is 15.9. The maximum atomic E-state index is 14.2. The normalized spacial score (nSPS) is 11.7. The number of aromatic nitrogens is 2. The zero-order valence-corrected chi connectivity index (χ0v) is 17.5. The molecule has 3 aromatic rings. The van der Waals surface area contributed by atoms with Gasteiger partial charge in [-0.3, -0.25) is 0 Å². The molecule has 0 amide bonds. The van der Waals surface area contributed by atoms with Crippen molar-refractivity contribution in [3.8, 4) is 0 Å². The molecule has 0 unspecified atom stereocenters. The fourth-order valence-electron chi connectivity index (χ4n) is 2.90. The van der Waals surface area contributed by atoms with Crippen LogP contribution in [-0.4, -0.2) is 28.8 Å². The van der Waals surface area contributed by atoms with Crippen LogP contribution in [0.15, 0.2) is 72.4 Å². The van der Waals surface area contributed by atoms with Gasteiger partial charge in [0.15, 0.2) is 0 Å². The summed E-state index contributed by atoms with van der Waals surface area (Å²) in [6.45, 7) is 5.83. The number of sulfonamides is 1. The predicted octanol–water partition coefficient (Wildman–Crippen LogP) is 4.41. The van der Waals surface area contributed by atoms with Crippen LogP contribution in [-0.2, 0) is 23.1 Å². The van der Waals surface area contributed by atoms with Gasteiger partial charge in [-0.2, -0.15) is 4.31 Å². The van der Waals surface area contributed by atoms with Crippen molar-refractivity contribution in [1.82, 2.24) is 13.9 Å². The van der Waals surface area contributed by atoms with E-state index in [4.69, 9.17) is 11.6 Å². The van der Waals surface area contributed by atoms with E-state index in [0.717, 1.165) is 5.56 Å². The summed E-state index contributed by atoms with van der Waals surface area (Å²) < 4.78 is 43.3. The molecular formula is C21H21ClFN3O2S. The van der Waals surface area contributed by atoms with Crippen molar-refractivity contribution >= 4 is 21.6 Å². The summed E-state index contributed by atoms with van der Waals surface area (Å²) in [7, 11) is -3.75. The second-order valence-electron chi connectivity index (χ2n) is 6.57. The molecule has 1 aromatic heterocycles. The fourth-order valence-corrected chi connectivity index (χ4v) is 4.49. The Bertz CT molecular complexity index is 1090. The Balaban J connectivity index is 1.90. The summed E-state index contributed by atoms with van der Waals surface area (Å²) in [5, 5.41) is 0.305. The average Bonchev–Trinajstić information content (AvgIpc) is 3.12. The van der Waals surface area contributed by atoms with Gasteiger partial charge in [-0.1, -0.05) is 41.4 Å². The van der Waals surface area contributed by atoms with Crippen molar-refractivity contribution in [2.24, 2.45) is 0 Å². The van der Waals surface area contributed by atoms with Crippen LogP contribution in [0.25, 0.3) is 0 Å². The third kappa shape index (κ3) is 4.75. The quantitative estimate of drug-likeness (QED) is 0.494. The maximum Gasteiger partial charge on any atom is 0.243 e. The van der Waals surface area contributed by atoms with Crippen LogP contribution in [0.3, 0.4) is 0 Å². The van der Waals surface area contributed by atoms with Gasteiger partial charge in [-0.15, -0.1) is 6.58 Å². The summed E-state index contributed by atoms with van der Waals surface area (Å²) in [4.78, 5) is 4.47. The molecule has 0 saturated carbocycles. The molecule has 0 bridgehead atoms. The second-order valence-corrected chi connectivity index (χ2v) is 8.92. The van der Waals surface area contributed by atoms with Crippen molar-refractivity contribution in [3.05, 3.63) is 95.3 Å². The molecule has 0 atom stereocenters. The topological polar surface area (TPSA) is 55.2 Å². The van der Waals surface area contributed by atoms with E-state index < -0.39 is 15.8 Å². The Kier molecular flexibility index (Phi) is 6.52. The van der Waals surface area contributed by atoms with E-state index in [1.807, 2.05) is 6.92 Å². The summed E-state index contributed by atoms with van der Waals surface area (Å²) >= 11 is 6.13. The molecular weight excluding hydrogens is 413 g/mol. The van der Waals surface area contributed by atoms with Gasteiger partial charge < -0.3 is 4.57 Å². The van der Waals surface area contributed by atoms with Gasteiger partial charge in [-0.05, 0) is 31.2 Å². The monoisotopic (exact) mass is 433 g/mol.